The van der Waals surface area contributed by atoms with Gasteiger partial charge in [-0.1, -0.05) is 18.5 Å². The molecule has 1 N–H and O–H groups in total. The van der Waals surface area contributed by atoms with E-state index in [-0.39, 0.29) is 12.1 Å². The van der Waals surface area contributed by atoms with Crippen molar-refractivity contribution in [2.75, 3.05) is 34.8 Å². The minimum Gasteiger partial charge on any atom is -0.379 e. The lowest BCUT2D eigenvalue weighted by Crippen LogP contribution is -2.33. The molecule has 0 radical (unpaired) electrons. The fourth-order valence-corrected chi connectivity index (χ4v) is 2.45. The van der Waals surface area contributed by atoms with Crippen LogP contribution in [0.1, 0.15) is 25.1 Å². The normalized spacial score (nSPS) is 14.9. The van der Waals surface area contributed by atoms with Gasteiger partial charge in [0.2, 0.25) is 0 Å². The van der Waals surface area contributed by atoms with Crippen LogP contribution in [0.2, 0.25) is 5.02 Å². The Kier molecular flexibility index (Phi) is 6.79. The molecule has 0 aliphatic heterocycles. The molecule has 6 heteroatoms. The molecule has 5 nitrogen and oxygen atoms in total. The number of nitrogens with one attached hydrogen (secondary N) is 1. The molecule has 1 rings (SSSR count). The average molecular weight is 289 g/mol. The molecule has 0 saturated heterocycles. The lowest BCUT2D eigenvalue weighted by molar-refractivity contribution is 0.0646. The van der Waals surface area contributed by atoms with E-state index >= 15 is 0 Å². The summed E-state index contributed by atoms with van der Waals surface area (Å²) in [5.74, 6) is 0. The van der Waals surface area contributed by atoms with Crippen molar-refractivity contribution >= 4 is 11.6 Å². The van der Waals surface area contributed by atoms with Crippen LogP contribution >= 0.6 is 11.6 Å². The summed E-state index contributed by atoms with van der Waals surface area (Å²) < 4.78 is 7.50. The maximum atomic E-state index is 6.30. The highest BCUT2D eigenvalue weighted by atomic mass is 35.5. The highest BCUT2D eigenvalue weighted by Gasteiger charge is 2.26. The summed E-state index contributed by atoms with van der Waals surface area (Å²) in [6.45, 7) is 3.84. The highest BCUT2D eigenvalue weighted by molar-refractivity contribution is 6.31. The fraction of sp³-hybridized carbons (Fsp3) is 0.769. The summed E-state index contributed by atoms with van der Waals surface area (Å²) in [4.78, 5) is 2.13. The summed E-state index contributed by atoms with van der Waals surface area (Å²) in [6, 6.07) is 0.0483. The molecule has 0 amide bonds. The van der Waals surface area contributed by atoms with Crippen LogP contribution in [-0.2, 0) is 11.3 Å². The number of halogens is 1. The number of ether oxygens (including phenoxy) is 1. The van der Waals surface area contributed by atoms with Gasteiger partial charge in [-0.25, -0.2) is 0 Å². The van der Waals surface area contributed by atoms with Gasteiger partial charge in [0, 0.05) is 13.7 Å². The van der Waals surface area contributed by atoms with Crippen molar-refractivity contribution in [1.82, 2.24) is 20.0 Å². The molecule has 0 saturated carbocycles. The molecular formula is C13H25ClN4O. The third-order valence-electron chi connectivity index (χ3n) is 3.27. The van der Waals surface area contributed by atoms with E-state index in [2.05, 4.69) is 22.2 Å². The van der Waals surface area contributed by atoms with Crippen LogP contribution in [0.15, 0.2) is 6.20 Å². The van der Waals surface area contributed by atoms with E-state index in [0.717, 1.165) is 25.2 Å². The lowest BCUT2D eigenvalue weighted by Gasteiger charge is -2.26. The number of aromatic nitrogens is 2. The number of hydrogen-bond acceptors (Lipinski definition) is 4. The second-order valence-electron chi connectivity index (χ2n) is 4.85. The van der Waals surface area contributed by atoms with Crippen LogP contribution in [0.4, 0.5) is 0 Å². The van der Waals surface area contributed by atoms with Gasteiger partial charge in [0.15, 0.2) is 0 Å². The maximum absolute atomic E-state index is 6.30. The fourth-order valence-electron chi connectivity index (χ4n) is 2.19. The Morgan fingerprint density at radius 1 is 1.53 bits per heavy atom. The van der Waals surface area contributed by atoms with Crippen molar-refractivity contribution in [3.63, 3.8) is 0 Å². The Bertz CT molecular complexity index is 377. The molecule has 0 fully saturated rings. The first-order chi connectivity index (χ1) is 9.04. The lowest BCUT2D eigenvalue weighted by atomic mass is 10.1. The first-order valence-corrected chi connectivity index (χ1v) is 6.98. The number of rotatable bonds is 8. The standard InChI is InChI=1S/C13H25ClN4O/c1-6-11(19-5)12(15-2)13-10(14)9-16-18(13)8-7-17(3)4/h9,11-12,15H,6-8H2,1-5H3. The molecule has 0 aliphatic rings. The SMILES string of the molecule is CCC(OC)C(NC)c1c(Cl)cnn1CCN(C)C. The van der Waals surface area contributed by atoms with Crippen molar-refractivity contribution in [2.45, 2.75) is 32.0 Å². The van der Waals surface area contributed by atoms with Crippen LogP contribution in [0, 0.1) is 0 Å². The Balaban J connectivity index is 2.98. The van der Waals surface area contributed by atoms with E-state index < -0.39 is 0 Å². The Morgan fingerprint density at radius 3 is 2.68 bits per heavy atom. The molecule has 0 bridgehead atoms. The number of hydrogen-bond donors (Lipinski definition) is 1. The van der Waals surface area contributed by atoms with Gasteiger partial charge in [0.05, 0.1) is 35.6 Å². The summed E-state index contributed by atoms with van der Waals surface area (Å²) in [5.41, 5.74) is 1.000. The van der Waals surface area contributed by atoms with Gasteiger partial charge >= 0.3 is 0 Å². The van der Waals surface area contributed by atoms with Gasteiger partial charge in [0.1, 0.15) is 0 Å². The zero-order valence-corrected chi connectivity index (χ0v) is 13.2. The Hall–Kier alpha value is -0.620. The van der Waals surface area contributed by atoms with Crippen LogP contribution in [0.25, 0.3) is 0 Å². The summed E-state index contributed by atoms with van der Waals surface area (Å²) in [6.07, 6.45) is 2.70. The van der Waals surface area contributed by atoms with Crippen LogP contribution in [-0.4, -0.2) is 55.6 Å². The van der Waals surface area contributed by atoms with Gasteiger partial charge in [-0.15, -0.1) is 0 Å². The molecule has 0 aromatic carbocycles. The van der Waals surface area contributed by atoms with Crippen LogP contribution < -0.4 is 5.32 Å². The van der Waals surface area contributed by atoms with E-state index in [9.17, 15) is 0 Å². The molecule has 110 valence electrons. The van der Waals surface area contributed by atoms with Crippen molar-refractivity contribution in [3.05, 3.63) is 16.9 Å². The molecule has 1 aromatic heterocycles. The molecule has 0 spiro atoms. The topological polar surface area (TPSA) is 42.3 Å². The van der Waals surface area contributed by atoms with Crippen molar-refractivity contribution < 1.29 is 4.74 Å². The van der Waals surface area contributed by atoms with Crippen molar-refractivity contribution in [3.8, 4) is 0 Å². The van der Waals surface area contributed by atoms with Gasteiger partial charge in [-0.2, -0.15) is 5.10 Å². The van der Waals surface area contributed by atoms with E-state index in [1.165, 1.54) is 0 Å². The summed E-state index contributed by atoms with van der Waals surface area (Å²) in [7, 11) is 7.74. The van der Waals surface area contributed by atoms with Crippen molar-refractivity contribution in [2.24, 2.45) is 0 Å². The molecule has 2 atom stereocenters. The molecule has 1 heterocycles. The maximum Gasteiger partial charge on any atom is 0.0835 e. The van der Waals surface area contributed by atoms with E-state index in [0.29, 0.717) is 5.02 Å². The second-order valence-corrected chi connectivity index (χ2v) is 5.26. The third-order valence-corrected chi connectivity index (χ3v) is 3.57. The van der Waals surface area contributed by atoms with Gasteiger partial charge in [0.25, 0.3) is 0 Å². The summed E-state index contributed by atoms with van der Waals surface area (Å²) >= 11 is 6.30. The second kappa shape index (κ2) is 7.85. The van der Waals surface area contributed by atoms with Gasteiger partial charge in [-0.3, -0.25) is 4.68 Å². The number of nitrogens with zero attached hydrogens (tertiary/aromatic N) is 3. The zero-order valence-electron chi connectivity index (χ0n) is 12.5. The number of likely N-dealkylation sites (N-methyl/N-ethyl adjacent to an activating group) is 2. The monoisotopic (exact) mass is 288 g/mol. The predicted octanol–water partition coefficient (Wildman–Crippen LogP) is 1.78. The minimum atomic E-state index is 0.0483. The van der Waals surface area contributed by atoms with Gasteiger partial charge < -0.3 is 15.0 Å². The molecule has 19 heavy (non-hydrogen) atoms. The highest BCUT2D eigenvalue weighted by Crippen LogP contribution is 2.27. The third kappa shape index (κ3) is 4.18. The largest absolute Gasteiger partial charge is 0.379 e. The average Bonchev–Trinajstić information content (AvgIpc) is 2.74. The van der Waals surface area contributed by atoms with E-state index in [1.807, 2.05) is 25.8 Å². The Morgan fingerprint density at radius 2 is 2.21 bits per heavy atom. The Labute approximate surface area is 120 Å². The van der Waals surface area contributed by atoms with Gasteiger partial charge in [-0.05, 0) is 27.6 Å². The molecule has 0 aliphatic carbocycles. The molecule has 2 unspecified atom stereocenters. The van der Waals surface area contributed by atoms with Crippen molar-refractivity contribution in [1.29, 1.82) is 0 Å². The first kappa shape index (κ1) is 16.4. The predicted molar refractivity (Wildman–Crippen MR) is 78.7 cm³/mol. The van der Waals surface area contributed by atoms with E-state index in [4.69, 9.17) is 16.3 Å². The minimum absolute atomic E-state index is 0.0483. The molecule has 1 aromatic rings. The van der Waals surface area contributed by atoms with Crippen LogP contribution in [0.3, 0.4) is 0 Å². The van der Waals surface area contributed by atoms with Crippen LogP contribution in [0.5, 0.6) is 0 Å². The molecular weight excluding hydrogens is 264 g/mol. The van der Waals surface area contributed by atoms with E-state index in [1.54, 1.807) is 13.3 Å². The number of methoxy groups -OCH3 is 1. The first-order valence-electron chi connectivity index (χ1n) is 6.61. The quantitative estimate of drug-likeness (QED) is 0.792. The zero-order chi connectivity index (χ0) is 14.4. The smallest absolute Gasteiger partial charge is 0.0835 e. The summed E-state index contributed by atoms with van der Waals surface area (Å²) in [5, 5.41) is 8.35.